The summed E-state index contributed by atoms with van der Waals surface area (Å²) in [6.07, 6.45) is 0.327. The number of hydrogen-bond acceptors (Lipinski definition) is 4. The molecule has 0 aliphatic carbocycles. The zero-order chi connectivity index (χ0) is 15.2. The fourth-order valence-corrected chi connectivity index (χ4v) is 1.68. The van der Waals surface area contributed by atoms with Gasteiger partial charge in [0.1, 0.15) is 11.4 Å². The topological polar surface area (TPSA) is 101 Å². The van der Waals surface area contributed by atoms with E-state index in [1.807, 2.05) is 0 Å². The highest BCUT2D eigenvalue weighted by Crippen LogP contribution is 2.28. The number of carboxylic acid groups (broad SMARTS) is 1. The molecule has 7 heteroatoms. The molecule has 0 unspecified atom stereocenters. The van der Waals surface area contributed by atoms with Crippen LogP contribution in [0, 0.1) is 0 Å². The van der Waals surface area contributed by atoms with Gasteiger partial charge in [0.25, 0.3) is 5.91 Å². The number of anilines is 2. The minimum atomic E-state index is -1.20. The Morgan fingerprint density at radius 3 is 2.62 bits per heavy atom. The molecule has 2 aromatic rings. The second-order valence-corrected chi connectivity index (χ2v) is 4.01. The molecule has 1 heterocycles. The molecule has 1 aromatic carbocycles. The lowest BCUT2D eigenvalue weighted by molar-refractivity contribution is 0.102. The van der Waals surface area contributed by atoms with Gasteiger partial charge in [-0.15, -0.1) is 0 Å². The van der Waals surface area contributed by atoms with E-state index in [1.54, 1.807) is 24.3 Å². The number of nitrogens with one attached hydrogen (secondary N) is 2. The molecule has 0 atom stereocenters. The minimum Gasteiger partial charge on any atom is -0.494 e. The third kappa shape index (κ3) is 3.69. The summed E-state index contributed by atoms with van der Waals surface area (Å²) in [6, 6.07) is 9.60. The number of methoxy groups -OCH3 is 1. The molecule has 0 fully saturated rings. The fourth-order valence-electron chi connectivity index (χ4n) is 1.68. The summed E-state index contributed by atoms with van der Waals surface area (Å²) in [5.41, 5.74) is 1.04. The minimum absolute atomic E-state index is 0.282. The average molecular weight is 287 g/mol. The van der Waals surface area contributed by atoms with E-state index in [-0.39, 0.29) is 11.6 Å². The summed E-state index contributed by atoms with van der Waals surface area (Å²) >= 11 is 0. The standard InChI is InChI=1S/C14H13N3O4/c1-21-12-8-9(5-6-10(12)17-14(19)20)16-13(18)11-4-2-3-7-15-11/h2-8,17H,1H3,(H,16,18)(H,19,20). The molecule has 0 bridgehead atoms. The number of rotatable bonds is 4. The largest absolute Gasteiger partial charge is 0.494 e. The Morgan fingerprint density at radius 2 is 2.00 bits per heavy atom. The van der Waals surface area contributed by atoms with E-state index in [9.17, 15) is 9.59 Å². The number of aromatic nitrogens is 1. The number of amides is 2. The van der Waals surface area contributed by atoms with Crippen LogP contribution >= 0.6 is 0 Å². The Balaban J connectivity index is 2.18. The van der Waals surface area contributed by atoms with E-state index in [2.05, 4.69) is 15.6 Å². The number of pyridine rings is 1. The summed E-state index contributed by atoms with van der Waals surface area (Å²) in [6.45, 7) is 0. The van der Waals surface area contributed by atoms with Crippen molar-refractivity contribution in [3.8, 4) is 5.75 Å². The monoisotopic (exact) mass is 287 g/mol. The maximum absolute atomic E-state index is 12.0. The van der Waals surface area contributed by atoms with Crippen molar-refractivity contribution < 1.29 is 19.4 Å². The van der Waals surface area contributed by atoms with E-state index < -0.39 is 6.09 Å². The van der Waals surface area contributed by atoms with Crippen molar-refractivity contribution in [2.24, 2.45) is 0 Å². The van der Waals surface area contributed by atoms with Gasteiger partial charge in [-0.1, -0.05) is 6.07 Å². The molecule has 2 amide bonds. The Bertz CT molecular complexity index is 659. The number of carbonyl (C=O) groups excluding carboxylic acids is 1. The van der Waals surface area contributed by atoms with Crippen LogP contribution in [0.4, 0.5) is 16.2 Å². The summed E-state index contributed by atoms with van der Waals surface area (Å²) < 4.78 is 5.08. The number of nitrogens with zero attached hydrogens (tertiary/aromatic N) is 1. The average Bonchev–Trinajstić information content (AvgIpc) is 2.49. The van der Waals surface area contributed by atoms with Crippen LogP contribution in [-0.4, -0.2) is 29.2 Å². The van der Waals surface area contributed by atoms with Crippen molar-refractivity contribution in [1.82, 2.24) is 4.98 Å². The van der Waals surface area contributed by atoms with Crippen LogP contribution in [0.15, 0.2) is 42.6 Å². The Kier molecular flexibility index (Phi) is 4.35. The van der Waals surface area contributed by atoms with Crippen molar-refractivity contribution in [3.05, 3.63) is 48.3 Å². The molecular formula is C14H13N3O4. The van der Waals surface area contributed by atoms with Crippen LogP contribution in [0.3, 0.4) is 0 Å². The van der Waals surface area contributed by atoms with Crippen LogP contribution in [0.5, 0.6) is 5.75 Å². The first-order chi connectivity index (χ1) is 10.1. The first-order valence-electron chi connectivity index (χ1n) is 6.00. The molecule has 0 saturated heterocycles. The van der Waals surface area contributed by atoms with Crippen LogP contribution in [0.2, 0.25) is 0 Å². The lowest BCUT2D eigenvalue weighted by Crippen LogP contribution is -2.14. The van der Waals surface area contributed by atoms with Gasteiger partial charge in [-0.25, -0.2) is 4.79 Å². The second kappa shape index (κ2) is 6.38. The summed E-state index contributed by atoms with van der Waals surface area (Å²) in [7, 11) is 1.41. The van der Waals surface area contributed by atoms with Gasteiger partial charge in [-0.3, -0.25) is 15.1 Å². The molecule has 2 rings (SSSR count). The molecule has 0 radical (unpaired) electrons. The van der Waals surface area contributed by atoms with E-state index in [1.165, 1.54) is 25.4 Å². The van der Waals surface area contributed by atoms with Gasteiger partial charge in [0.2, 0.25) is 0 Å². The summed E-state index contributed by atoms with van der Waals surface area (Å²) in [4.78, 5) is 26.5. The molecule has 0 aliphatic rings. The maximum atomic E-state index is 12.0. The lowest BCUT2D eigenvalue weighted by Gasteiger charge is -2.11. The quantitative estimate of drug-likeness (QED) is 0.801. The molecule has 7 nitrogen and oxygen atoms in total. The third-order valence-electron chi connectivity index (χ3n) is 2.60. The predicted octanol–water partition coefficient (Wildman–Crippen LogP) is 2.43. The van der Waals surface area contributed by atoms with Crippen LogP contribution < -0.4 is 15.4 Å². The highest BCUT2D eigenvalue weighted by atomic mass is 16.5. The maximum Gasteiger partial charge on any atom is 0.409 e. The Labute approximate surface area is 120 Å². The molecule has 21 heavy (non-hydrogen) atoms. The van der Waals surface area contributed by atoms with E-state index in [4.69, 9.17) is 9.84 Å². The van der Waals surface area contributed by atoms with Crippen molar-refractivity contribution in [3.63, 3.8) is 0 Å². The van der Waals surface area contributed by atoms with Gasteiger partial charge in [0.05, 0.1) is 12.8 Å². The van der Waals surface area contributed by atoms with Crippen LogP contribution in [-0.2, 0) is 0 Å². The van der Waals surface area contributed by atoms with E-state index in [0.717, 1.165) is 0 Å². The molecule has 0 aliphatic heterocycles. The first kappa shape index (κ1) is 14.3. The molecular weight excluding hydrogens is 274 g/mol. The zero-order valence-electron chi connectivity index (χ0n) is 11.2. The second-order valence-electron chi connectivity index (χ2n) is 4.01. The first-order valence-corrected chi connectivity index (χ1v) is 6.00. The Morgan fingerprint density at radius 1 is 1.19 bits per heavy atom. The molecule has 0 saturated carbocycles. The van der Waals surface area contributed by atoms with Gasteiger partial charge in [0, 0.05) is 18.0 Å². The van der Waals surface area contributed by atoms with E-state index >= 15 is 0 Å². The van der Waals surface area contributed by atoms with Gasteiger partial charge in [-0.2, -0.15) is 0 Å². The lowest BCUT2D eigenvalue weighted by atomic mass is 10.2. The Hall–Kier alpha value is -3.09. The van der Waals surface area contributed by atoms with Gasteiger partial charge >= 0.3 is 6.09 Å². The van der Waals surface area contributed by atoms with E-state index in [0.29, 0.717) is 17.1 Å². The molecule has 3 N–H and O–H groups in total. The smallest absolute Gasteiger partial charge is 0.409 e. The normalized spacial score (nSPS) is 9.76. The summed E-state index contributed by atoms with van der Waals surface area (Å²) in [5.74, 6) is -0.0622. The number of carbonyl (C=O) groups is 2. The highest BCUT2D eigenvalue weighted by Gasteiger charge is 2.10. The number of benzene rings is 1. The van der Waals surface area contributed by atoms with Gasteiger partial charge < -0.3 is 15.2 Å². The predicted molar refractivity (Wildman–Crippen MR) is 76.8 cm³/mol. The molecule has 1 aromatic heterocycles. The number of ether oxygens (including phenoxy) is 1. The van der Waals surface area contributed by atoms with Crippen molar-refractivity contribution in [2.75, 3.05) is 17.7 Å². The van der Waals surface area contributed by atoms with Crippen LogP contribution in [0.25, 0.3) is 0 Å². The summed E-state index contributed by atoms with van der Waals surface area (Å²) in [5, 5.41) is 13.6. The molecule has 0 spiro atoms. The van der Waals surface area contributed by atoms with Crippen molar-refractivity contribution in [1.29, 1.82) is 0 Å². The SMILES string of the molecule is COc1cc(NC(=O)c2ccccn2)ccc1NC(=O)O. The van der Waals surface area contributed by atoms with Gasteiger partial charge in [-0.05, 0) is 24.3 Å². The number of hydrogen-bond donors (Lipinski definition) is 3. The zero-order valence-corrected chi connectivity index (χ0v) is 11.2. The van der Waals surface area contributed by atoms with Crippen molar-refractivity contribution >= 4 is 23.4 Å². The third-order valence-corrected chi connectivity index (χ3v) is 2.60. The van der Waals surface area contributed by atoms with Crippen LogP contribution in [0.1, 0.15) is 10.5 Å². The highest BCUT2D eigenvalue weighted by molar-refractivity contribution is 6.03. The van der Waals surface area contributed by atoms with Crippen molar-refractivity contribution in [2.45, 2.75) is 0 Å². The van der Waals surface area contributed by atoms with Gasteiger partial charge in [0.15, 0.2) is 0 Å². The molecule has 108 valence electrons. The fraction of sp³-hybridized carbons (Fsp3) is 0.0714.